The zero-order chi connectivity index (χ0) is 12.8. The summed E-state index contributed by atoms with van der Waals surface area (Å²) in [5, 5.41) is 1.24. The van der Waals surface area contributed by atoms with Crippen LogP contribution in [0.1, 0.15) is 0 Å². The number of fused-ring (bicyclic) bond motifs is 2. The second-order valence-corrected chi connectivity index (χ2v) is 4.75. The Labute approximate surface area is 110 Å². The molecule has 3 heteroatoms. The van der Waals surface area contributed by atoms with E-state index in [0.717, 1.165) is 11.3 Å². The Kier molecular flexibility index (Phi) is 2.03. The molecule has 19 heavy (non-hydrogen) atoms. The van der Waals surface area contributed by atoms with Crippen LogP contribution in [-0.4, -0.2) is 14.0 Å². The van der Waals surface area contributed by atoms with Crippen molar-refractivity contribution in [1.82, 2.24) is 14.0 Å². The summed E-state index contributed by atoms with van der Waals surface area (Å²) in [5.74, 6) is 0.993. The molecule has 0 saturated carbocycles. The molecule has 0 amide bonds. The number of benzene rings is 1. The van der Waals surface area contributed by atoms with Crippen molar-refractivity contribution >= 4 is 16.4 Å². The lowest BCUT2D eigenvalue weighted by molar-refractivity contribution is 0.968. The summed E-state index contributed by atoms with van der Waals surface area (Å²) in [5.41, 5.74) is 3.51. The molecule has 3 heterocycles. The lowest BCUT2D eigenvalue weighted by atomic mass is 10.1. The Hall–Kier alpha value is -2.55. The van der Waals surface area contributed by atoms with Gasteiger partial charge in [0.1, 0.15) is 5.82 Å². The molecule has 1 aromatic carbocycles. The summed E-state index contributed by atoms with van der Waals surface area (Å²) >= 11 is 0. The van der Waals surface area contributed by atoms with E-state index >= 15 is 0 Å². The van der Waals surface area contributed by atoms with E-state index in [1.807, 2.05) is 18.3 Å². The number of imidazole rings is 1. The van der Waals surface area contributed by atoms with Gasteiger partial charge in [0.15, 0.2) is 0 Å². The number of rotatable bonds is 1. The number of aryl methyl sites for hydroxylation is 1. The lowest BCUT2D eigenvalue weighted by Gasteiger charge is -1.99. The van der Waals surface area contributed by atoms with Gasteiger partial charge in [-0.1, -0.05) is 24.3 Å². The monoisotopic (exact) mass is 247 g/mol. The van der Waals surface area contributed by atoms with Crippen LogP contribution < -0.4 is 0 Å². The molecule has 3 aromatic heterocycles. The fraction of sp³-hybridized carbons (Fsp3) is 0.0625. The number of hydrogen-bond acceptors (Lipinski definition) is 1. The summed E-state index contributed by atoms with van der Waals surface area (Å²) in [7, 11) is 2.07. The second-order valence-electron chi connectivity index (χ2n) is 4.75. The molecule has 0 unspecified atom stereocenters. The molecule has 0 aliphatic heterocycles. The molecule has 4 rings (SSSR count). The number of aromatic nitrogens is 3. The van der Waals surface area contributed by atoms with Gasteiger partial charge >= 0.3 is 0 Å². The first-order valence-electron chi connectivity index (χ1n) is 6.31. The minimum Gasteiger partial charge on any atom is -0.350 e. The van der Waals surface area contributed by atoms with Crippen LogP contribution in [0.15, 0.2) is 61.1 Å². The molecule has 0 atom stereocenters. The van der Waals surface area contributed by atoms with Gasteiger partial charge in [-0.3, -0.25) is 4.40 Å². The Balaban J connectivity index is 2.10. The van der Waals surface area contributed by atoms with Crippen LogP contribution in [0.4, 0.5) is 0 Å². The van der Waals surface area contributed by atoms with E-state index in [2.05, 4.69) is 63.7 Å². The average Bonchev–Trinajstić information content (AvgIpc) is 3.01. The van der Waals surface area contributed by atoms with Crippen molar-refractivity contribution < 1.29 is 0 Å². The van der Waals surface area contributed by atoms with Gasteiger partial charge in [-0.05, 0) is 18.2 Å². The van der Waals surface area contributed by atoms with Gasteiger partial charge in [-0.25, -0.2) is 4.98 Å². The zero-order valence-corrected chi connectivity index (χ0v) is 10.6. The molecule has 0 fully saturated rings. The maximum atomic E-state index is 4.58. The Morgan fingerprint density at radius 2 is 1.84 bits per heavy atom. The Morgan fingerprint density at radius 1 is 1.00 bits per heavy atom. The summed E-state index contributed by atoms with van der Waals surface area (Å²) < 4.78 is 4.27. The second kappa shape index (κ2) is 3.72. The van der Waals surface area contributed by atoms with Gasteiger partial charge in [-0.2, -0.15) is 0 Å². The summed E-state index contributed by atoms with van der Waals surface area (Å²) in [6.07, 6.45) is 6.11. The van der Waals surface area contributed by atoms with Gasteiger partial charge in [0.2, 0.25) is 0 Å². The SMILES string of the molecule is Cn1cc(-c2ncc3ccccn23)c2ccccc21. The van der Waals surface area contributed by atoms with Crippen LogP contribution in [0.3, 0.4) is 0 Å². The normalized spacial score (nSPS) is 11.4. The predicted molar refractivity (Wildman–Crippen MR) is 77.1 cm³/mol. The highest BCUT2D eigenvalue weighted by atomic mass is 15.0. The topological polar surface area (TPSA) is 22.2 Å². The van der Waals surface area contributed by atoms with E-state index in [1.54, 1.807) is 0 Å². The van der Waals surface area contributed by atoms with Crippen molar-refractivity contribution in [3.05, 3.63) is 61.1 Å². The highest BCUT2D eigenvalue weighted by molar-refractivity contribution is 5.94. The third kappa shape index (κ3) is 1.41. The standard InChI is InChI=1S/C16H13N3/c1-18-11-14(13-7-2-3-8-15(13)18)16-17-10-12-6-4-5-9-19(12)16/h2-11H,1H3. The van der Waals surface area contributed by atoms with E-state index in [0.29, 0.717) is 0 Å². The van der Waals surface area contributed by atoms with Crippen LogP contribution in [-0.2, 0) is 7.05 Å². The Bertz CT molecular complexity index is 883. The molecule has 0 aliphatic carbocycles. The van der Waals surface area contributed by atoms with Crippen molar-refractivity contribution in [2.75, 3.05) is 0 Å². The summed E-state index contributed by atoms with van der Waals surface area (Å²) in [6.45, 7) is 0. The number of pyridine rings is 1. The lowest BCUT2D eigenvalue weighted by Crippen LogP contribution is -1.87. The Morgan fingerprint density at radius 3 is 2.79 bits per heavy atom. The molecule has 0 aliphatic rings. The third-order valence-electron chi connectivity index (χ3n) is 3.58. The van der Waals surface area contributed by atoms with E-state index in [1.165, 1.54) is 16.5 Å². The van der Waals surface area contributed by atoms with Gasteiger partial charge in [0, 0.05) is 35.9 Å². The zero-order valence-electron chi connectivity index (χ0n) is 10.6. The van der Waals surface area contributed by atoms with Gasteiger partial charge in [-0.15, -0.1) is 0 Å². The van der Waals surface area contributed by atoms with Crippen molar-refractivity contribution in [3.8, 4) is 11.4 Å². The van der Waals surface area contributed by atoms with Crippen LogP contribution in [0.2, 0.25) is 0 Å². The minimum absolute atomic E-state index is 0.993. The molecule has 4 aromatic rings. The highest BCUT2D eigenvalue weighted by Gasteiger charge is 2.12. The van der Waals surface area contributed by atoms with E-state index < -0.39 is 0 Å². The van der Waals surface area contributed by atoms with Crippen molar-refractivity contribution in [2.24, 2.45) is 7.05 Å². The van der Waals surface area contributed by atoms with Crippen molar-refractivity contribution in [2.45, 2.75) is 0 Å². The number of para-hydroxylation sites is 1. The molecular weight excluding hydrogens is 234 g/mol. The molecular formula is C16H13N3. The molecule has 0 saturated heterocycles. The van der Waals surface area contributed by atoms with Crippen LogP contribution in [0.25, 0.3) is 27.8 Å². The minimum atomic E-state index is 0.993. The van der Waals surface area contributed by atoms with Gasteiger partial charge in [0.05, 0.1) is 11.7 Å². The van der Waals surface area contributed by atoms with Crippen molar-refractivity contribution in [3.63, 3.8) is 0 Å². The first-order chi connectivity index (χ1) is 9.34. The summed E-state index contributed by atoms with van der Waals surface area (Å²) in [6, 6.07) is 14.6. The van der Waals surface area contributed by atoms with E-state index in [-0.39, 0.29) is 0 Å². The largest absolute Gasteiger partial charge is 0.350 e. The molecule has 0 bridgehead atoms. The first kappa shape index (κ1) is 10.4. The molecule has 3 nitrogen and oxygen atoms in total. The smallest absolute Gasteiger partial charge is 0.146 e. The van der Waals surface area contributed by atoms with Crippen LogP contribution >= 0.6 is 0 Å². The van der Waals surface area contributed by atoms with E-state index in [4.69, 9.17) is 0 Å². The quantitative estimate of drug-likeness (QED) is 0.504. The van der Waals surface area contributed by atoms with Gasteiger partial charge in [0.25, 0.3) is 0 Å². The summed E-state index contributed by atoms with van der Waals surface area (Å²) in [4.78, 5) is 4.58. The molecule has 0 N–H and O–H groups in total. The maximum absolute atomic E-state index is 4.58. The van der Waals surface area contributed by atoms with Crippen LogP contribution in [0, 0.1) is 0 Å². The van der Waals surface area contributed by atoms with Gasteiger partial charge < -0.3 is 4.57 Å². The maximum Gasteiger partial charge on any atom is 0.146 e. The fourth-order valence-corrected chi connectivity index (χ4v) is 2.66. The van der Waals surface area contributed by atoms with Crippen molar-refractivity contribution in [1.29, 1.82) is 0 Å². The molecule has 0 spiro atoms. The molecule has 0 radical (unpaired) electrons. The third-order valence-corrected chi connectivity index (χ3v) is 3.58. The first-order valence-corrected chi connectivity index (χ1v) is 6.31. The molecule has 92 valence electrons. The van der Waals surface area contributed by atoms with E-state index in [9.17, 15) is 0 Å². The average molecular weight is 247 g/mol. The predicted octanol–water partition coefficient (Wildman–Crippen LogP) is 3.49. The highest BCUT2D eigenvalue weighted by Crippen LogP contribution is 2.29. The fourth-order valence-electron chi connectivity index (χ4n) is 2.66. The van der Waals surface area contributed by atoms with Crippen LogP contribution in [0.5, 0.6) is 0 Å². The number of nitrogens with zero attached hydrogens (tertiary/aromatic N) is 3. The number of hydrogen-bond donors (Lipinski definition) is 0.